The first-order valence-electron chi connectivity index (χ1n) is 5.50. The summed E-state index contributed by atoms with van der Waals surface area (Å²) in [7, 11) is 0. The predicted octanol–water partition coefficient (Wildman–Crippen LogP) is 4.45. The van der Waals surface area contributed by atoms with Gasteiger partial charge in [-0.2, -0.15) is 0 Å². The minimum atomic E-state index is 0.413. The molecule has 1 heterocycles. The molecule has 5 heteroatoms. The molecule has 0 saturated heterocycles. The van der Waals surface area contributed by atoms with Crippen LogP contribution < -0.4 is 0 Å². The van der Waals surface area contributed by atoms with Crippen molar-refractivity contribution in [1.82, 2.24) is 10.2 Å². The number of rotatable bonds is 2. The molecular formula is C11H14Cl2N2S. The third kappa shape index (κ3) is 3.25. The molecule has 2 atom stereocenters. The average molecular weight is 277 g/mol. The molecule has 0 bridgehead atoms. The SMILES string of the molecule is CC1CCCC(Sc2cc(Cl)nnc2Cl)C1. The molecule has 0 spiro atoms. The van der Waals surface area contributed by atoms with E-state index in [0.29, 0.717) is 15.6 Å². The number of halogens is 2. The van der Waals surface area contributed by atoms with Crippen LogP contribution in [0.2, 0.25) is 10.3 Å². The Bertz CT molecular complexity index is 373. The maximum absolute atomic E-state index is 6.00. The van der Waals surface area contributed by atoms with Gasteiger partial charge in [-0.25, -0.2) is 0 Å². The molecule has 1 aromatic heterocycles. The van der Waals surface area contributed by atoms with Crippen LogP contribution in [0.15, 0.2) is 11.0 Å². The summed E-state index contributed by atoms with van der Waals surface area (Å²) in [5.41, 5.74) is 0. The molecule has 1 aromatic rings. The van der Waals surface area contributed by atoms with Gasteiger partial charge in [0.15, 0.2) is 10.3 Å². The van der Waals surface area contributed by atoms with Gasteiger partial charge in [-0.1, -0.05) is 43.0 Å². The highest BCUT2D eigenvalue weighted by Gasteiger charge is 2.21. The van der Waals surface area contributed by atoms with Crippen LogP contribution in [0.5, 0.6) is 0 Å². The molecular weight excluding hydrogens is 263 g/mol. The fraction of sp³-hybridized carbons (Fsp3) is 0.636. The van der Waals surface area contributed by atoms with Crippen molar-refractivity contribution in [1.29, 1.82) is 0 Å². The fourth-order valence-corrected chi connectivity index (χ4v) is 3.91. The van der Waals surface area contributed by atoms with Gasteiger partial charge in [0.25, 0.3) is 0 Å². The van der Waals surface area contributed by atoms with Crippen LogP contribution >= 0.6 is 35.0 Å². The Labute approximate surface area is 110 Å². The summed E-state index contributed by atoms with van der Waals surface area (Å²) in [5.74, 6) is 0.815. The summed E-state index contributed by atoms with van der Waals surface area (Å²) in [4.78, 5) is 0.959. The summed E-state index contributed by atoms with van der Waals surface area (Å²) in [6.07, 6.45) is 5.16. The predicted molar refractivity (Wildman–Crippen MR) is 69.3 cm³/mol. The van der Waals surface area contributed by atoms with Gasteiger partial charge in [0, 0.05) is 10.1 Å². The second-order valence-electron chi connectivity index (χ2n) is 4.33. The quantitative estimate of drug-likeness (QED) is 0.798. The van der Waals surface area contributed by atoms with Gasteiger partial charge in [-0.3, -0.25) is 0 Å². The van der Waals surface area contributed by atoms with Crippen molar-refractivity contribution >= 4 is 35.0 Å². The number of thioether (sulfide) groups is 1. The molecule has 2 unspecified atom stereocenters. The van der Waals surface area contributed by atoms with Gasteiger partial charge in [0.05, 0.1) is 0 Å². The van der Waals surface area contributed by atoms with E-state index in [9.17, 15) is 0 Å². The number of hydrogen-bond acceptors (Lipinski definition) is 3. The van der Waals surface area contributed by atoms with Crippen LogP contribution in [-0.2, 0) is 0 Å². The summed E-state index contributed by atoms with van der Waals surface area (Å²) < 4.78 is 0. The second-order valence-corrected chi connectivity index (χ2v) is 6.42. The zero-order chi connectivity index (χ0) is 11.5. The van der Waals surface area contributed by atoms with Crippen LogP contribution in [0.25, 0.3) is 0 Å². The highest BCUT2D eigenvalue weighted by atomic mass is 35.5. The normalized spacial score (nSPS) is 25.7. The van der Waals surface area contributed by atoms with Crippen LogP contribution in [0.4, 0.5) is 0 Å². The molecule has 1 fully saturated rings. The van der Waals surface area contributed by atoms with E-state index in [1.54, 1.807) is 17.8 Å². The molecule has 0 aliphatic heterocycles. The first-order chi connectivity index (χ1) is 7.65. The largest absolute Gasteiger partial charge is 0.165 e. The van der Waals surface area contributed by atoms with E-state index in [4.69, 9.17) is 23.2 Å². The first kappa shape index (κ1) is 12.5. The van der Waals surface area contributed by atoms with Crippen LogP contribution in [0.3, 0.4) is 0 Å². The lowest BCUT2D eigenvalue weighted by Gasteiger charge is -2.26. The Balaban J connectivity index is 2.05. The van der Waals surface area contributed by atoms with Gasteiger partial charge in [0.2, 0.25) is 0 Å². The molecule has 2 nitrogen and oxygen atoms in total. The Kier molecular flexibility index (Phi) is 4.34. The van der Waals surface area contributed by atoms with E-state index < -0.39 is 0 Å². The third-order valence-corrected chi connectivity index (χ3v) is 4.77. The van der Waals surface area contributed by atoms with E-state index in [0.717, 1.165) is 10.8 Å². The average Bonchev–Trinajstić information content (AvgIpc) is 2.24. The molecule has 0 aromatic carbocycles. The lowest BCUT2D eigenvalue weighted by molar-refractivity contribution is 0.394. The summed E-state index contributed by atoms with van der Waals surface area (Å²) in [6, 6.07) is 1.81. The van der Waals surface area contributed by atoms with Crippen molar-refractivity contribution in [2.75, 3.05) is 0 Å². The third-order valence-electron chi connectivity index (χ3n) is 2.87. The van der Waals surface area contributed by atoms with Gasteiger partial charge in [-0.15, -0.1) is 22.0 Å². The van der Waals surface area contributed by atoms with E-state index in [1.807, 2.05) is 0 Å². The van der Waals surface area contributed by atoms with Crippen molar-refractivity contribution < 1.29 is 0 Å². The van der Waals surface area contributed by atoms with Crippen LogP contribution in [-0.4, -0.2) is 15.4 Å². The van der Waals surface area contributed by atoms with Gasteiger partial charge >= 0.3 is 0 Å². The van der Waals surface area contributed by atoms with Crippen LogP contribution in [0, 0.1) is 5.92 Å². The molecule has 1 saturated carbocycles. The van der Waals surface area contributed by atoms with E-state index in [-0.39, 0.29) is 0 Å². The second kappa shape index (κ2) is 5.56. The Morgan fingerprint density at radius 2 is 2.12 bits per heavy atom. The number of hydrogen-bond donors (Lipinski definition) is 0. The first-order valence-corrected chi connectivity index (χ1v) is 7.14. The smallest absolute Gasteiger partial charge is 0.137 e. The van der Waals surface area contributed by atoms with Crippen molar-refractivity contribution in [2.45, 2.75) is 42.8 Å². The standard InChI is InChI=1S/C11H14Cl2N2S/c1-7-3-2-4-8(5-7)16-9-6-10(12)14-15-11(9)13/h6-8H,2-5H2,1H3. The number of aromatic nitrogens is 2. The highest BCUT2D eigenvalue weighted by molar-refractivity contribution is 8.00. The summed E-state index contributed by atoms with van der Waals surface area (Å²) in [5, 5.41) is 9.06. The Hall–Kier alpha value is 0.01000. The minimum Gasteiger partial charge on any atom is -0.137 e. The maximum Gasteiger partial charge on any atom is 0.165 e. The molecule has 0 radical (unpaired) electrons. The monoisotopic (exact) mass is 276 g/mol. The molecule has 16 heavy (non-hydrogen) atoms. The van der Waals surface area contributed by atoms with E-state index >= 15 is 0 Å². The lowest BCUT2D eigenvalue weighted by atomic mass is 9.91. The molecule has 1 aliphatic carbocycles. The lowest BCUT2D eigenvalue weighted by Crippen LogP contribution is -2.15. The fourth-order valence-electron chi connectivity index (χ4n) is 2.09. The summed E-state index contributed by atoms with van der Waals surface area (Å²) in [6.45, 7) is 2.31. The zero-order valence-electron chi connectivity index (χ0n) is 9.12. The maximum atomic E-state index is 6.00. The van der Waals surface area contributed by atoms with Crippen molar-refractivity contribution in [3.63, 3.8) is 0 Å². The van der Waals surface area contributed by atoms with Gasteiger partial charge in [-0.05, 0) is 24.8 Å². The number of nitrogens with zero attached hydrogens (tertiary/aromatic N) is 2. The van der Waals surface area contributed by atoms with Crippen molar-refractivity contribution in [3.8, 4) is 0 Å². The Morgan fingerprint density at radius 1 is 1.31 bits per heavy atom. The highest BCUT2D eigenvalue weighted by Crippen LogP contribution is 2.38. The topological polar surface area (TPSA) is 25.8 Å². The van der Waals surface area contributed by atoms with Crippen molar-refractivity contribution in [3.05, 3.63) is 16.4 Å². The van der Waals surface area contributed by atoms with E-state index in [2.05, 4.69) is 17.1 Å². The molecule has 0 N–H and O–H groups in total. The Morgan fingerprint density at radius 3 is 2.88 bits per heavy atom. The van der Waals surface area contributed by atoms with Crippen LogP contribution in [0.1, 0.15) is 32.6 Å². The van der Waals surface area contributed by atoms with Gasteiger partial charge < -0.3 is 0 Å². The molecule has 88 valence electrons. The molecule has 2 rings (SSSR count). The minimum absolute atomic E-state index is 0.413. The van der Waals surface area contributed by atoms with Crippen molar-refractivity contribution in [2.24, 2.45) is 5.92 Å². The summed E-state index contributed by atoms with van der Waals surface area (Å²) >= 11 is 13.6. The van der Waals surface area contributed by atoms with E-state index in [1.165, 1.54) is 25.7 Å². The van der Waals surface area contributed by atoms with Gasteiger partial charge in [0.1, 0.15) is 0 Å². The molecule has 1 aliphatic rings. The molecule has 0 amide bonds. The zero-order valence-corrected chi connectivity index (χ0v) is 11.4.